The molecule has 0 bridgehead atoms. The molecule has 0 aromatic heterocycles. The minimum atomic E-state index is -0.367. The molecular weight excluding hydrogens is 512 g/mol. The molecular formula is C30H34N4O6. The summed E-state index contributed by atoms with van der Waals surface area (Å²) in [6, 6.07) is 7.02. The van der Waals surface area contributed by atoms with Crippen molar-refractivity contribution < 1.29 is 28.5 Å². The Balaban J connectivity index is 1.12. The number of fused-ring (bicyclic) bond motifs is 4. The maximum Gasteiger partial charge on any atom is 0.256 e. The van der Waals surface area contributed by atoms with E-state index in [2.05, 4.69) is 9.98 Å². The molecule has 0 unspecified atom stereocenters. The first kappa shape index (κ1) is 26.2. The fourth-order valence-corrected chi connectivity index (χ4v) is 5.95. The largest absolute Gasteiger partial charge is 0.493 e. The summed E-state index contributed by atoms with van der Waals surface area (Å²) in [4.78, 5) is 39.3. The van der Waals surface area contributed by atoms with Gasteiger partial charge in [0, 0.05) is 44.1 Å². The molecule has 6 rings (SSSR count). The second-order valence-corrected chi connectivity index (χ2v) is 10.8. The first-order chi connectivity index (χ1) is 19.4. The van der Waals surface area contributed by atoms with E-state index in [9.17, 15) is 9.59 Å². The van der Waals surface area contributed by atoms with Crippen molar-refractivity contribution in [2.45, 2.75) is 50.6 Å². The highest BCUT2D eigenvalue weighted by Gasteiger charge is 2.41. The van der Waals surface area contributed by atoms with Crippen LogP contribution in [0.25, 0.3) is 0 Å². The Morgan fingerprint density at radius 3 is 2.17 bits per heavy atom. The van der Waals surface area contributed by atoms with E-state index in [1.54, 1.807) is 38.5 Å². The summed E-state index contributed by atoms with van der Waals surface area (Å²) in [5.74, 6) is 1.97. The highest BCUT2D eigenvalue weighted by Crippen LogP contribution is 2.41. The molecule has 4 aliphatic heterocycles. The lowest BCUT2D eigenvalue weighted by atomic mass is 10.0. The van der Waals surface area contributed by atoms with Crippen LogP contribution in [0.2, 0.25) is 0 Å². The van der Waals surface area contributed by atoms with Crippen molar-refractivity contribution in [1.82, 2.24) is 9.80 Å². The minimum Gasteiger partial charge on any atom is -0.493 e. The van der Waals surface area contributed by atoms with Crippen LogP contribution in [0.4, 0.5) is 11.4 Å². The van der Waals surface area contributed by atoms with Crippen molar-refractivity contribution in [3.8, 4) is 23.0 Å². The molecule has 4 aliphatic rings. The lowest BCUT2D eigenvalue weighted by Crippen LogP contribution is -2.45. The van der Waals surface area contributed by atoms with E-state index in [1.165, 1.54) is 0 Å². The van der Waals surface area contributed by atoms with Crippen molar-refractivity contribution in [3.63, 3.8) is 0 Å². The van der Waals surface area contributed by atoms with Crippen LogP contribution in [0.3, 0.4) is 0 Å². The predicted octanol–water partition coefficient (Wildman–Crippen LogP) is 4.58. The number of rotatable bonds is 8. The number of carbonyl (C=O) groups is 2. The van der Waals surface area contributed by atoms with E-state index < -0.39 is 0 Å². The summed E-state index contributed by atoms with van der Waals surface area (Å²) in [5, 5.41) is 0. The van der Waals surface area contributed by atoms with Crippen molar-refractivity contribution in [2.24, 2.45) is 9.98 Å². The predicted molar refractivity (Wildman–Crippen MR) is 151 cm³/mol. The van der Waals surface area contributed by atoms with Gasteiger partial charge in [0.2, 0.25) is 0 Å². The molecule has 4 heterocycles. The lowest BCUT2D eigenvalue weighted by Gasteiger charge is -2.30. The highest BCUT2D eigenvalue weighted by molar-refractivity contribution is 6.05. The smallest absolute Gasteiger partial charge is 0.256 e. The lowest BCUT2D eigenvalue weighted by molar-refractivity contribution is 0.0711. The molecule has 10 nitrogen and oxygen atoms in total. The minimum absolute atomic E-state index is 0.0246. The van der Waals surface area contributed by atoms with Crippen molar-refractivity contribution in [2.75, 3.05) is 40.5 Å². The second-order valence-electron chi connectivity index (χ2n) is 10.8. The van der Waals surface area contributed by atoms with Gasteiger partial charge < -0.3 is 28.7 Å². The maximum absolute atomic E-state index is 13.3. The van der Waals surface area contributed by atoms with Crippen LogP contribution in [0.5, 0.6) is 23.0 Å². The fourth-order valence-electron chi connectivity index (χ4n) is 5.95. The number of nitrogens with zero attached hydrogens (tertiary/aromatic N) is 4. The molecule has 2 aromatic rings. The van der Waals surface area contributed by atoms with E-state index in [0.29, 0.717) is 65.1 Å². The van der Waals surface area contributed by atoms with Gasteiger partial charge in [-0.3, -0.25) is 19.6 Å². The molecule has 0 aliphatic carbocycles. The van der Waals surface area contributed by atoms with E-state index in [1.807, 2.05) is 29.2 Å². The third kappa shape index (κ3) is 4.55. The van der Waals surface area contributed by atoms with Crippen molar-refractivity contribution in [1.29, 1.82) is 0 Å². The number of hydrogen-bond donors (Lipinski definition) is 0. The van der Waals surface area contributed by atoms with Gasteiger partial charge in [-0.1, -0.05) is 0 Å². The Morgan fingerprint density at radius 2 is 1.50 bits per heavy atom. The Labute approximate surface area is 233 Å². The third-order valence-electron chi connectivity index (χ3n) is 8.18. The standard InChI is InChI=1S/C30H34N4O6/c1-30-8-5-10-34(30)29(36)21-14-25(38-3)27(16-23(21)32-18-30)40-12-6-11-39-26-15-22-20(13-24(26)37-2)28(35)33-9-4-7-19(33)17-31-22/h13-19H,4-12H2,1-3H3/t19-,30-/m0/s1. The average Bonchev–Trinajstić information content (AvgIpc) is 3.55. The number of aliphatic imine (C=N–C) groups is 2. The van der Waals surface area contributed by atoms with Crippen LogP contribution in [0, 0.1) is 0 Å². The molecule has 2 atom stereocenters. The van der Waals surface area contributed by atoms with Gasteiger partial charge >= 0.3 is 0 Å². The fraction of sp³-hybridized carbons (Fsp3) is 0.467. The average molecular weight is 547 g/mol. The number of ether oxygens (including phenoxy) is 4. The van der Waals surface area contributed by atoms with Gasteiger partial charge in [-0.05, 0) is 44.7 Å². The zero-order valence-corrected chi connectivity index (χ0v) is 23.1. The maximum atomic E-state index is 13.3. The van der Waals surface area contributed by atoms with Crippen LogP contribution in [-0.2, 0) is 0 Å². The topological polar surface area (TPSA) is 102 Å². The van der Waals surface area contributed by atoms with Gasteiger partial charge in [-0.2, -0.15) is 0 Å². The van der Waals surface area contributed by atoms with Crippen LogP contribution >= 0.6 is 0 Å². The molecule has 40 heavy (non-hydrogen) atoms. The molecule has 0 saturated carbocycles. The summed E-state index contributed by atoms with van der Waals surface area (Å²) in [6.45, 7) is 4.23. The number of amides is 2. The zero-order chi connectivity index (χ0) is 27.9. The monoisotopic (exact) mass is 546 g/mol. The molecule has 0 spiro atoms. The normalized spacial score (nSPS) is 22.7. The van der Waals surface area contributed by atoms with Crippen LogP contribution in [-0.4, -0.2) is 86.1 Å². The van der Waals surface area contributed by atoms with Gasteiger partial charge in [0.25, 0.3) is 11.8 Å². The van der Waals surface area contributed by atoms with Gasteiger partial charge in [-0.15, -0.1) is 0 Å². The molecule has 2 saturated heterocycles. The van der Waals surface area contributed by atoms with Crippen LogP contribution < -0.4 is 18.9 Å². The van der Waals surface area contributed by atoms with E-state index in [4.69, 9.17) is 18.9 Å². The Kier molecular flexibility index (Phi) is 6.85. The molecule has 2 amide bonds. The summed E-state index contributed by atoms with van der Waals surface area (Å²) in [6.07, 6.45) is 8.09. The van der Waals surface area contributed by atoms with Gasteiger partial charge in [0.05, 0.1) is 61.5 Å². The SMILES string of the molecule is COc1cc2c(cc1OCCCOc1cc3c(cc1OC)C(=O)N1CCC[C@@]1(C)C=N3)N=C[C@@H]1CCCN1C2=O. The molecule has 210 valence electrons. The summed E-state index contributed by atoms with van der Waals surface area (Å²) in [7, 11) is 3.12. The van der Waals surface area contributed by atoms with E-state index >= 15 is 0 Å². The van der Waals surface area contributed by atoms with Crippen molar-refractivity contribution in [3.05, 3.63) is 35.4 Å². The van der Waals surface area contributed by atoms with Crippen molar-refractivity contribution >= 4 is 35.6 Å². The molecule has 10 heteroatoms. The van der Waals surface area contributed by atoms with E-state index in [-0.39, 0.29) is 23.4 Å². The Morgan fingerprint density at radius 1 is 0.850 bits per heavy atom. The van der Waals surface area contributed by atoms with Gasteiger partial charge in [0.1, 0.15) is 0 Å². The third-order valence-corrected chi connectivity index (χ3v) is 8.18. The molecule has 2 aromatic carbocycles. The van der Waals surface area contributed by atoms with Crippen LogP contribution in [0.15, 0.2) is 34.3 Å². The number of hydrogen-bond acceptors (Lipinski definition) is 8. The summed E-state index contributed by atoms with van der Waals surface area (Å²) < 4.78 is 23.2. The Bertz CT molecular complexity index is 1410. The van der Waals surface area contributed by atoms with Gasteiger partial charge in [-0.25, -0.2) is 0 Å². The van der Waals surface area contributed by atoms with Crippen LogP contribution in [0.1, 0.15) is 59.7 Å². The quantitative estimate of drug-likeness (QED) is 0.449. The van der Waals surface area contributed by atoms with E-state index in [0.717, 1.165) is 38.8 Å². The molecule has 2 fully saturated rings. The second kappa shape index (κ2) is 10.5. The first-order valence-electron chi connectivity index (χ1n) is 13.8. The summed E-state index contributed by atoms with van der Waals surface area (Å²) in [5.41, 5.74) is 1.85. The Hall–Kier alpha value is -4.08. The molecule has 0 N–H and O–H groups in total. The number of carbonyl (C=O) groups excluding carboxylic acids is 2. The zero-order valence-electron chi connectivity index (χ0n) is 23.1. The first-order valence-corrected chi connectivity index (χ1v) is 13.8. The number of methoxy groups -OCH3 is 2. The number of benzene rings is 2. The van der Waals surface area contributed by atoms with Gasteiger partial charge in [0.15, 0.2) is 23.0 Å². The molecule has 0 radical (unpaired) electrons. The summed E-state index contributed by atoms with van der Waals surface area (Å²) >= 11 is 0. The highest BCUT2D eigenvalue weighted by atomic mass is 16.5.